The van der Waals surface area contributed by atoms with Crippen LogP contribution in [0.1, 0.15) is 42.3 Å². The lowest BCUT2D eigenvalue weighted by molar-refractivity contribution is -0.133. The first-order valence-corrected chi connectivity index (χ1v) is 8.84. The summed E-state index contributed by atoms with van der Waals surface area (Å²) in [7, 11) is 0. The molecular formula is C20H24N2O3. The Bertz CT molecular complexity index is 697. The van der Waals surface area contributed by atoms with E-state index in [-0.39, 0.29) is 23.6 Å². The van der Waals surface area contributed by atoms with Crippen LogP contribution in [0.25, 0.3) is 0 Å². The Morgan fingerprint density at radius 3 is 2.76 bits per heavy atom. The molecule has 1 saturated heterocycles. The summed E-state index contributed by atoms with van der Waals surface area (Å²) in [6.07, 6.45) is 5.40. The third kappa shape index (κ3) is 4.29. The van der Waals surface area contributed by atoms with Crippen molar-refractivity contribution in [3.8, 4) is 0 Å². The number of hydrogen-bond donors (Lipinski definition) is 1. The number of hydrogen-bond acceptors (Lipinski definition) is 3. The summed E-state index contributed by atoms with van der Waals surface area (Å²) in [5, 5.41) is 2.73. The molecule has 0 aliphatic carbocycles. The molecule has 1 fully saturated rings. The summed E-state index contributed by atoms with van der Waals surface area (Å²) in [6.45, 7) is 2.50. The predicted molar refractivity (Wildman–Crippen MR) is 95.1 cm³/mol. The quantitative estimate of drug-likeness (QED) is 0.879. The number of benzene rings is 1. The monoisotopic (exact) mass is 340 g/mol. The van der Waals surface area contributed by atoms with Crippen molar-refractivity contribution in [2.24, 2.45) is 0 Å². The van der Waals surface area contributed by atoms with Crippen molar-refractivity contribution in [3.05, 3.63) is 60.1 Å². The number of nitrogens with one attached hydrogen (secondary N) is 1. The van der Waals surface area contributed by atoms with Crippen LogP contribution in [0.5, 0.6) is 0 Å². The minimum atomic E-state index is -0.560. The van der Waals surface area contributed by atoms with E-state index < -0.39 is 6.04 Å². The highest BCUT2D eigenvalue weighted by Gasteiger charge is 2.31. The number of furan rings is 1. The van der Waals surface area contributed by atoms with Gasteiger partial charge >= 0.3 is 0 Å². The molecule has 0 bridgehead atoms. The lowest BCUT2D eigenvalue weighted by atomic mass is 10.0. The Morgan fingerprint density at radius 1 is 1.24 bits per heavy atom. The van der Waals surface area contributed by atoms with E-state index in [1.807, 2.05) is 23.1 Å². The molecule has 0 spiro atoms. The number of rotatable bonds is 6. The molecule has 5 heteroatoms. The maximum absolute atomic E-state index is 12.8. The van der Waals surface area contributed by atoms with Crippen LogP contribution in [0, 0.1) is 0 Å². The van der Waals surface area contributed by atoms with Gasteiger partial charge in [0.2, 0.25) is 5.91 Å². The van der Waals surface area contributed by atoms with Gasteiger partial charge in [-0.25, -0.2) is 0 Å². The Labute approximate surface area is 148 Å². The summed E-state index contributed by atoms with van der Waals surface area (Å²) in [5.74, 6) is -0.150. The zero-order valence-electron chi connectivity index (χ0n) is 14.5. The van der Waals surface area contributed by atoms with Crippen LogP contribution in [-0.4, -0.2) is 35.3 Å². The molecule has 5 nitrogen and oxygen atoms in total. The van der Waals surface area contributed by atoms with Crippen LogP contribution in [-0.2, 0) is 11.2 Å². The first kappa shape index (κ1) is 17.3. The molecule has 1 aliphatic heterocycles. The standard InChI is InChI=1S/C20H24N2O3/c1-15(21-19(23)18-10-6-14-25-18)20(24)22-13-5-9-17(22)12-11-16-7-3-2-4-8-16/h2-4,6-8,10,14-15,17H,5,9,11-13H2,1H3,(H,21,23)/t15-,17-/m1/s1. The van der Waals surface area contributed by atoms with Crippen LogP contribution in [0.2, 0.25) is 0 Å². The highest BCUT2D eigenvalue weighted by atomic mass is 16.3. The largest absolute Gasteiger partial charge is 0.459 e. The molecule has 2 atom stereocenters. The minimum absolute atomic E-state index is 0.0181. The van der Waals surface area contributed by atoms with E-state index in [0.717, 1.165) is 32.2 Å². The van der Waals surface area contributed by atoms with Gasteiger partial charge in [0.15, 0.2) is 5.76 Å². The van der Waals surface area contributed by atoms with Gasteiger partial charge in [-0.1, -0.05) is 30.3 Å². The van der Waals surface area contributed by atoms with E-state index >= 15 is 0 Å². The van der Waals surface area contributed by atoms with Gasteiger partial charge in [0.05, 0.1) is 6.26 Å². The van der Waals surface area contributed by atoms with Gasteiger partial charge in [0.1, 0.15) is 6.04 Å². The number of carbonyl (C=O) groups excluding carboxylic acids is 2. The molecular weight excluding hydrogens is 316 g/mol. The Morgan fingerprint density at radius 2 is 2.04 bits per heavy atom. The molecule has 1 aromatic carbocycles. The molecule has 1 N–H and O–H groups in total. The van der Waals surface area contributed by atoms with Crippen molar-refractivity contribution < 1.29 is 14.0 Å². The summed E-state index contributed by atoms with van der Waals surface area (Å²) < 4.78 is 5.07. The topological polar surface area (TPSA) is 62.6 Å². The smallest absolute Gasteiger partial charge is 0.287 e. The summed E-state index contributed by atoms with van der Waals surface area (Å²) >= 11 is 0. The number of aryl methyl sites for hydroxylation is 1. The maximum Gasteiger partial charge on any atom is 0.287 e. The van der Waals surface area contributed by atoms with E-state index in [4.69, 9.17) is 4.42 Å². The fourth-order valence-electron chi connectivity index (χ4n) is 3.39. The van der Waals surface area contributed by atoms with Crippen LogP contribution in [0.15, 0.2) is 53.1 Å². The Kier molecular flexibility index (Phi) is 5.53. The van der Waals surface area contributed by atoms with Gasteiger partial charge in [-0.3, -0.25) is 9.59 Å². The van der Waals surface area contributed by atoms with Crippen molar-refractivity contribution in [1.29, 1.82) is 0 Å². The van der Waals surface area contributed by atoms with Crippen molar-refractivity contribution in [2.45, 2.75) is 44.7 Å². The molecule has 0 saturated carbocycles. The molecule has 2 amide bonds. The predicted octanol–water partition coefficient (Wildman–Crippen LogP) is 3.02. The maximum atomic E-state index is 12.8. The molecule has 1 aliphatic rings. The molecule has 2 aromatic rings. The zero-order chi connectivity index (χ0) is 17.6. The highest BCUT2D eigenvalue weighted by molar-refractivity contribution is 5.95. The fourth-order valence-corrected chi connectivity index (χ4v) is 3.39. The second kappa shape index (κ2) is 8.01. The lowest BCUT2D eigenvalue weighted by Gasteiger charge is -2.28. The molecule has 1 aromatic heterocycles. The molecule has 25 heavy (non-hydrogen) atoms. The number of nitrogens with zero attached hydrogens (tertiary/aromatic N) is 1. The average molecular weight is 340 g/mol. The third-order valence-electron chi connectivity index (χ3n) is 4.73. The van der Waals surface area contributed by atoms with Crippen molar-refractivity contribution in [2.75, 3.05) is 6.54 Å². The van der Waals surface area contributed by atoms with Crippen LogP contribution >= 0.6 is 0 Å². The lowest BCUT2D eigenvalue weighted by Crippen LogP contribution is -2.48. The van der Waals surface area contributed by atoms with Crippen LogP contribution in [0.4, 0.5) is 0 Å². The van der Waals surface area contributed by atoms with Crippen LogP contribution in [0.3, 0.4) is 0 Å². The Hall–Kier alpha value is -2.56. The first-order valence-electron chi connectivity index (χ1n) is 8.84. The fraction of sp³-hybridized carbons (Fsp3) is 0.400. The SMILES string of the molecule is C[C@@H](NC(=O)c1ccco1)C(=O)N1CCC[C@@H]1CCc1ccccc1. The third-order valence-corrected chi connectivity index (χ3v) is 4.73. The minimum Gasteiger partial charge on any atom is -0.459 e. The first-order chi connectivity index (χ1) is 12.1. The van der Waals surface area contributed by atoms with Crippen LogP contribution < -0.4 is 5.32 Å². The van der Waals surface area contributed by atoms with Crippen molar-refractivity contribution in [3.63, 3.8) is 0 Å². The normalized spacial score (nSPS) is 18.1. The van der Waals surface area contributed by atoms with Crippen molar-refractivity contribution >= 4 is 11.8 Å². The van der Waals surface area contributed by atoms with Gasteiger partial charge in [-0.15, -0.1) is 0 Å². The summed E-state index contributed by atoms with van der Waals surface area (Å²) in [6, 6.07) is 13.3. The molecule has 2 heterocycles. The second-order valence-corrected chi connectivity index (χ2v) is 6.52. The highest BCUT2D eigenvalue weighted by Crippen LogP contribution is 2.22. The number of amides is 2. The number of likely N-dealkylation sites (tertiary alicyclic amines) is 1. The molecule has 132 valence electrons. The Balaban J connectivity index is 1.55. The zero-order valence-corrected chi connectivity index (χ0v) is 14.5. The second-order valence-electron chi connectivity index (χ2n) is 6.52. The molecule has 3 rings (SSSR count). The van der Waals surface area contributed by atoms with Gasteiger partial charge in [-0.05, 0) is 50.3 Å². The summed E-state index contributed by atoms with van der Waals surface area (Å²) in [4.78, 5) is 26.7. The van der Waals surface area contributed by atoms with Gasteiger partial charge < -0.3 is 14.6 Å². The molecule has 0 radical (unpaired) electrons. The van der Waals surface area contributed by atoms with Crippen molar-refractivity contribution in [1.82, 2.24) is 10.2 Å². The van der Waals surface area contributed by atoms with Gasteiger partial charge in [0, 0.05) is 12.6 Å². The van der Waals surface area contributed by atoms with E-state index in [1.54, 1.807) is 19.1 Å². The van der Waals surface area contributed by atoms with Gasteiger partial charge in [-0.2, -0.15) is 0 Å². The summed E-state index contributed by atoms with van der Waals surface area (Å²) in [5.41, 5.74) is 1.29. The van der Waals surface area contributed by atoms with E-state index in [1.165, 1.54) is 11.8 Å². The average Bonchev–Trinajstić information content (AvgIpc) is 3.31. The van der Waals surface area contributed by atoms with E-state index in [9.17, 15) is 9.59 Å². The van der Waals surface area contributed by atoms with Gasteiger partial charge in [0.25, 0.3) is 5.91 Å². The number of carbonyl (C=O) groups is 2. The van der Waals surface area contributed by atoms with E-state index in [2.05, 4.69) is 17.4 Å². The van der Waals surface area contributed by atoms with E-state index in [0.29, 0.717) is 0 Å². The molecule has 0 unspecified atom stereocenters.